The molecular formula is C16H13IO4. The van der Waals surface area contributed by atoms with Gasteiger partial charge in [0.05, 0.1) is 5.56 Å². The molecule has 0 saturated carbocycles. The molecular weight excluding hydrogens is 383 g/mol. The van der Waals surface area contributed by atoms with Crippen LogP contribution in [0.3, 0.4) is 0 Å². The van der Waals surface area contributed by atoms with Gasteiger partial charge in [-0.1, -0.05) is 12.1 Å². The normalized spacial score (nSPS) is 16.3. The zero-order valence-corrected chi connectivity index (χ0v) is 13.3. The number of hydrogen-bond acceptors (Lipinski definition) is 4. The fourth-order valence-electron chi connectivity index (χ4n) is 1.98. The molecule has 0 aliphatic carbocycles. The van der Waals surface area contributed by atoms with Crippen LogP contribution in [0.25, 0.3) is 0 Å². The summed E-state index contributed by atoms with van der Waals surface area (Å²) in [4.78, 5) is 11.9. The Morgan fingerprint density at radius 1 is 1.14 bits per heavy atom. The summed E-state index contributed by atoms with van der Waals surface area (Å²) < 4.78 is 17.7. The lowest BCUT2D eigenvalue weighted by Gasteiger charge is -2.26. The van der Waals surface area contributed by atoms with Crippen LogP contribution in [0.5, 0.6) is 11.5 Å². The van der Waals surface area contributed by atoms with Crippen LogP contribution in [-0.4, -0.2) is 25.3 Å². The minimum atomic E-state index is -0.353. The molecule has 2 aromatic carbocycles. The van der Waals surface area contributed by atoms with Crippen LogP contribution in [0, 0.1) is 3.57 Å². The van der Waals surface area contributed by atoms with Crippen LogP contribution in [0.15, 0.2) is 48.5 Å². The van der Waals surface area contributed by atoms with E-state index in [2.05, 4.69) is 22.6 Å². The quantitative estimate of drug-likeness (QED) is 0.590. The van der Waals surface area contributed by atoms with Gasteiger partial charge in [0.2, 0.25) is 0 Å². The topological polar surface area (TPSA) is 44.8 Å². The lowest BCUT2D eigenvalue weighted by molar-refractivity contribution is 0.0110. The molecule has 0 spiro atoms. The number of esters is 1. The summed E-state index contributed by atoms with van der Waals surface area (Å²) in [5.74, 6) is 1.05. The van der Waals surface area contributed by atoms with Gasteiger partial charge in [-0.2, -0.15) is 0 Å². The van der Waals surface area contributed by atoms with Gasteiger partial charge in [0.1, 0.15) is 13.2 Å². The van der Waals surface area contributed by atoms with Crippen molar-refractivity contribution in [3.8, 4) is 11.5 Å². The van der Waals surface area contributed by atoms with Crippen molar-refractivity contribution < 1.29 is 19.0 Å². The summed E-state index contributed by atoms with van der Waals surface area (Å²) in [6.45, 7) is 0.538. The van der Waals surface area contributed by atoms with Crippen LogP contribution >= 0.6 is 22.6 Å². The number of ether oxygens (including phenoxy) is 3. The maximum absolute atomic E-state index is 11.9. The third-order valence-corrected chi connectivity index (χ3v) is 3.77. The third kappa shape index (κ3) is 3.47. The van der Waals surface area contributed by atoms with E-state index in [9.17, 15) is 4.79 Å². The van der Waals surface area contributed by atoms with Gasteiger partial charge in [-0.25, -0.2) is 4.79 Å². The Morgan fingerprint density at radius 2 is 1.86 bits per heavy atom. The van der Waals surface area contributed by atoms with Crippen molar-refractivity contribution >= 4 is 28.6 Å². The Bertz CT molecular complexity index is 639. The predicted molar refractivity (Wildman–Crippen MR) is 85.8 cm³/mol. The van der Waals surface area contributed by atoms with Gasteiger partial charge < -0.3 is 14.2 Å². The fraction of sp³-hybridized carbons (Fsp3) is 0.188. The number of halogens is 1. The highest BCUT2D eigenvalue weighted by Gasteiger charge is 2.22. The first kappa shape index (κ1) is 14.2. The van der Waals surface area contributed by atoms with E-state index < -0.39 is 0 Å². The highest BCUT2D eigenvalue weighted by atomic mass is 127. The summed E-state index contributed by atoms with van der Waals surface area (Å²) in [6, 6.07) is 14.7. The second-order valence-electron chi connectivity index (χ2n) is 4.60. The number of benzene rings is 2. The van der Waals surface area contributed by atoms with Gasteiger partial charge in [-0.05, 0) is 59.0 Å². The molecule has 108 valence electrons. The van der Waals surface area contributed by atoms with E-state index in [-0.39, 0.29) is 18.7 Å². The molecule has 0 bridgehead atoms. The molecule has 21 heavy (non-hydrogen) atoms. The van der Waals surface area contributed by atoms with Crippen molar-refractivity contribution in [3.63, 3.8) is 0 Å². The van der Waals surface area contributed by atoms with E-state index >= 15 is 0 Å². The summed E-state index contributed by atoms with van der Waals surface area (Å²) in [5, 5.41) is 0. The van der Waals surface area contributed by atoms with Gasteiger partial charge in [-0.15, -0.1) is 0 Å². The van der Waals surface area contributed by atoms with Gasteiger partial charge in [-0.3, -0.25) is 0 Å². The first-order valence-corrected chi connectivity index (χ1v) is 7.61. The number of para-hydroxylation sites is 2. The zero-order valence-electron chi connectivity index (χ0n) is 11.1. The molecule has 1 heterocycles. The first-order chi connectivity index (χ1) is 10.2. The molecule has 3 rings (SSSR count). The molecule has 0 amide bonds. The molecule has 1 atom stereocenters. The minimum Gasteiger partial charge on any atom is -0.486 e. The smallest absolute Gasteiger partial charge is 0.338 e. The Morgan fingerprint density at radius 3 is 2.62 bits per heavy atom. The van der Waals surface area contributed by atoms with E-state index in [1.165, 1.54) is 0 Å². The Labute approximate surface area is 136 Å². The van der Waals surface area contributed by atoms with Crippen molar-refractivity contribution in [1.29, 1.82) is 0 Å². The second kappa shape index (κ2) is 6.34. The maximum atomic E-state index is 11.9. The molecule has 0 fully saturated rings. The molecule has 1 aliphatic rings. The third-order valence-electron chi connectivity index (χ3n) is 3.05. The van der Waals surface area contributed by atoms with Gasteiger partial charge in [0.25, 0.3) is 0 Å². The summed E-state index contributed by atoms with van der Waals surface area (Å²) in [5.41, 5.74) is 0.535. The van der Waals surface area contributed by atoms with Crippen molar-refractivity contribution in [2.24, 2.45) is 0 Å². The maximum Gasteiger partial charge on any atom is 0.338 e. The monoisotopic (exact) mass is 396 g/mol. The SMILES string of the molecule is O=C(OC[C@H]1COc2ccccc2O1)c1ccc(I)cc1. The van der Waals surface area contributed by atoms with Gasteiger partial charge in [0, 0.05) is 3.57 Å². The molecule has 0 radical (unpaired) electrons. The highest BCUT2D eigenvalue weighted by Crippen LogP contribution is 2.30. The number of carbonyl (C=O) groups excluding carboxylic acids is 1. The molecule has 0 N–H and O–H groups in total. The van der Waals surface area contributed by atoms with Crippen molar-refractivity contribution in [1.82, 2.24) is 0 Å². The lowest BCUT2D eigenvalue weighted by atomic mass is 10.2. The van der Waals surface area contributed by atoms with Crippen LogP contribution in [-0.2, 0) is 4.74 Å². The van der Waals surface area contributed by atoms with E-state index in [0.29, 0.717) is 17.9 Å². The highest BCUT2D eigenvalue weighted by molar-refractivity contribution is 14.1. The van der Waals surface area contributed by atoms with Crippen LogP contribution in [0.2, 0.25) is 0 Å². The van der Waals surface area contributed by atoms with Crippen molar-refractivity contribution in [2.45, 2.75) is 6.10 Å². The van der Waals surface area contributed by atoms with Gasteiger partial charge >= 0.3 is 5.97 Å². The van der Waals surface area contributed by atoms with E-state index in [1.54, 1.807) is 12.1 Å². The van der Waals surface area contributed by atoms with Gasteiger partial charge in [0.15, 0.2) is 17.6 Å². The average molecular weight is 396 g/mol. The Kier molecular flexibility index (Phi) is 4.28. The average Bonchev–Trinajstić information content (AvgIpc) is 2.53. The van der Waals surface area contributed by atoms with E-state index in [0.717, 1.165) is 9.32 Å². The molecule has 4 nitrogen and oxygen atoms in total. The summed E-state index contributed by atoms with van der Waals surface area (Å²) >= 11 is 2.19. The predicted octanol–water partition coefficient (Wildman–Crippen LogP) is 3.29. The van der Waals surface area contributed by atoms with Crippen LogP contribution < -0.4 is 9.47 Å². The number of hydrogen-bond donors (Lipinski definition) is 0. The Hall–Kier alpha value is -1.76. The zero-order chi connectivity index (χ0) is 14.7. The van der Waals surface area contributed by atoms with E-state index in [4.69, 9.17) is 14.2 Å². The summed E-state index contributed by atoms with van der Waals surface area (Å²) in [7, 11) is 0. The van der Waals surface area contributed by atoms with E-state index in [1.807, 2.05) is 36.4 Å². The second-order valence-corrected chi connectivity index (χ2v) is 5.85. The fourth-order valence-corrected chi connectivity index (χ4v) is 2.34. The minimum absolute atomic E-state index is 0.166. The van der Waals surface area contributed by atoms with Crippen LogP contribution in [0.1, 0.15) is 10.4 Å². The molecule has 5 heteroatoms. The molecule has 0 unspecified atom stereocenters. The molecule has 2 aromatic rings. The van der Waals surface area contributed by atoms with Crippen LogP contribution in [0.4, 0.5) is 0 Å². The lowest BCUT2D eigenvalue weighted by Crippen LogP contribution is -2.34. The number of carbonyl (C=O) groups is 1. The largest absolute Gasteiger partial charge is 0.486 e. The standard InChI is InChI=1S/C16H13IO4/c17-12-7-5-11(6-8-12)16(18)20-10-13-9-19-14-3-1-2-4-15(14)21-13/h1-8,13H,9-10H2/t13-/m1/s1. The first-order valence-electron chi connectivity index (χ1n) is 6.53. The van der Waals surface area contributed by atoms with Crippen molar-refractivity contribution in [3.05, 3.63) is 57.7 Å². The number of fused-ring (bicyclic) bond motifs is 1. The van der Waals surface area contributed by atoms with Crippen molar-refractivity contribution in [2.75, 3.05) is 13.2 Å². The molecule has 1 aliphatic heterocycles. The Balaban J connectivity index is 1.56. The number of rotatable bonds is 3. The summed E-state index contributed by atoms with van der Waals surface area (Å²) in [6.07, 6.45) is -0.285. The molecule has 0 aromatic heterocycles. The molecule has 0 saturated heterocycles.